The number of hydrogen-bond acceptors (Lipinski definition) is 5. The number of aryl methyl sites for hydroxylation is 1. The SMILES string of the molecule is CCOC(=O)C1(c2ccc(-c3ccc(-c4onc(C)c4CCC(=O)N(CC)c4ccccc4)cc3)cc2)CC1. The van der Waals surface area contributed by atoms with Gasteiger partial charge < -0.3 is 14.2 Å². The van der Waals surface area contributed by atoms with Gasteiger partial charge in [0.1, 0.15) is 0 Å². The molecule has 0 spiro atoms. The van der Waals surface area contributed by atoms with Gasteiger partial charge >= 0.3 is 5.97 Å². The lowest BCUT2D eigenvalue weighted by Gasteiger charge is -2.21. The highest BCUT2D eigenvalue weighted by atomic mass is 16.5. The van der Waals surface area contributed by atoms with Crippen molar-refractivity contribution in [2.24, 2.45) is 0 Å². The van der Waals surface area contributed by atoms with Crippen LogP contribution in [0.3, 0.4) is 0 Å². The summed E-state index contributed by atoms with van der Waals surface area (Å²) in [7, 11) is 0. The summed E-state index contributed by atoms with van der Waals surface area (Å²) in [5.74, 6) is 0.657. The second-order valence-electron chi connectivity index (χ2n) is 10.0. The molecule has 1 fully saturated rings. The zero-order valence-corrected chi connectivity index (χ0v) is 22.8. The summed E-state index contributed by atoms with van der Waals surface area (Å²) in [6.07, 6.45) is 2.61. The van der Waals surface area contributed by atoms with Crippen molar-refractivity contribution in [3.63, 3.8) is 0 Å². The first-order valence-corrected chi connectivity index (χ1v) is 13.7. The molecule has 0 radical (unpaired) electrons. The average Bonchev–Trinajstić information content (AvgIpc) is 3.70. The highest BCUT2D eigenvalue weighted by molar-refractivity contribution is 5.93. The standard InChI is InChI=1S/C33H34N2O4/c1-4-35(28-9-7-6-8-10-28)30(36)20-19-29-23(3)34-39-31(29)26-13-11-24(12-14-26)25-15-17-27(18-16-25)33(21-22-33)32(37)38-5-2/h6-18H,4-5,19-22H2,1-3H3. The minimum Gasteiger partial charge on any atom is -0.465 e. The van der Waals surface area contributed by atoms with Crippen molar-refractivity contribution in [3.8, 4) is 22.5 Å². The van der Waals surface area contributed by atoms with Gasteiger partial charge in [0.2, 0.25) is 5.91 Å². The molecule has 5 rings (SSSR count). The monoisotopic (exact) mass is 522 g/mol. The number of anilines is 1. The topological polar surface area (TPSA) is 72.6 Å². The molecule has 6 nitrogen and oxygen atoms in total. The van der Waals surface area contributed by atoms with Gasteiger partial charge in [0.15, 0.2) is 5.76 Å². The van der Waals surface area contributed by atoms with E-state index in [9.17, 15) is 9.59 Å². The van der Waals surface area contributed by atoms with Gasteiger partial charge in [-0.1, -0.05) is 71.9 Å². The number of para-hydroxylation sites is 1. The van der Waals surface area contributed by atoms with Gasteiger partial charge in [0.05, 0.1) is 17.7 Å². The molecule has 0 aliphatic heterocycles. The van der Waals surface area contributed by atoms with Crippen molar-refractivity contribution >= 4 is 17.6 Å². The predicted octanol–water partition coefficient (Wildman–Crippen LogP) is 6.90. The normalized spacial score (nSPS) is 13.6. The Morgan fingerprint density at radius 2 is 1.51 bits per heavy atom. The maximum Gasteiger partial charge on any atom is 0.316 e. The molecule has 0 atom stereocenters. The van der Waals surface area contributed by atoms with E-state index in [4.69, 9.17) is 9.26 Å². The third-order valence-corrected chi connectivity index (χ3v) is 7.59. The fraction of sp³-hybridized carbons (Fsp3) is 0.303. The van der Waals surface area contributed by atoms with Gasteiger partial charge in [0.25, 0.3) is 0 Å². The summed E-state index contributed by atoms with van der Waals surface area (Å²) in [5, 5.41) is 4.20. The van der Waals surface area contributed by atoms with Gasteiger partial charge in [-0.05, 0) is 68.9 Å². The van der Waals surface area contributed by atoms with Crippen molar-refractivity contribution in [1.82, 2.24) is 5.16 Å². The van der Waals surface area contributed by atoms with Crippen LogP contribution in [0.25, 0.3) is 22.5 Å². The quantitative estimate of drug-likeness (QED) is 0.212. The van der Waals surface area contributed by atoms with Crippen LogP contribution in [0.4, 0.5) is 5.69 Å². The molecule has 0 saturated heterocycles. The Morgan fingerprint density at radius 1 is 0.897 bits per heavy atom. The number of amides is 1. The van der Waals surface area contributed by atoms with Crippen LogP contribution in [0.5, 0.6) is 0 Å². The van der Waals surface area contributed by atoms with Crippen LogP contribution in [0.15, 0.2) is 83.4 Å². The predicted molar refractivity (Wildman–Crippen MR) is 152 cm³/mol. The number of nitrogens with zero attached hydrogens (tertiary/aromatic N) is 2. The molecule has 1 aliphatic rings. The molecule has 3 aromatic carbocycles. The summed E-state index contributed by atoms with van der Waals surface area (Å²) in [6.45, 7) is 6.76. The van der Waals surface area contributed by atoms with E-state index < -0.39 is 5.41 Å². The fourth-order valence-electron chi connectivity index (χ4n) is 5.19. The second kappa shape index (κ2) is 11.3. The third kappa shape index (κ3) is 5.37. The summed E-state index contributed by atoms with van der Waals surface area (Å²) in [5.41, 5.74) is 6.29. The van der Waals surface area contributed by atoms with Crippen LogP contribution in [0.1, 0.15) is 49.9 Å². The molecule has 6 heteroatoms. The van der Waals surface area contributed by atoms with Crippen LogP contribution in [-0.4, -0.2) is 30.2 Å². The zero-order chi connectivity index (χ0) is 27.4. The number of hydrogen-bond donors (Lipinski definition) is 0. The molecular weight excluding hydrogens is 488 g/mol. The van der Waals surface area contributed by atoms with Gasteiger partial charge in [0, 0.05) is 29.8 Å². The van der Waals surface area contributed by atoms with Crippen molar-refractivity contribution in [2.45, 2.75) is 51.9 Å². The second-order valence-corrected chi connectivity index (χ2v) is 10.0. The van der Waals surface area contributed by atoms with Gasteiger partial charge in [-0.3, -0.25) is 9.59 Å². The minimum absolute atomic E-state index is 0.0741. The smallest absolute Gasteiger partial charge is 0.316 e. The molecule has 0 N–H and O–H groups in total. The largest absolute Gasteiger partial charge is 0.465 e. The number of aromatic nitrogens is 1. The lowest BCUT2D eigenvalue weighted by molar-refractivity contribution is -0.146. The number of carbonyl (C=O) groups is 2. The molecule has 4 aromatic rings. The molecule has 39 heavy (non-hydrogen) atoms. The van der Waals surface area contributed by atoms with E-state index in [1.54, 1.807) is 4.90 Å². The van der Waals surface area contributed by atoms with Gasteiger partial charge in [-0.15, -0.1) is 0 Å². The van der Waals surface area contributed by atoms with E-state index in [1.807, 2.05) is 75.4 Å². The summed E-state index contributed by atoms with van der Waals surface area (Å²) in [6, 6.07) is 26.1. The van der Waals surface area contributed by atoms with E-state index in [0.29, 0.717) is 31.8 Å². The molecule has 1 aromatic heterocycles. The van der Waals surface area contributed by atoms with Gasteiger partial charge in [-0.25, -0.2) is 0 Å². The van der Waals surface area contributed by atoms with E-state index >= 15 is 0 Å². The Morgan fingerprint density at radius 3 is 2.10 bits per heavy atom. The Kier molecular flexibility index (Phi) is 7.64. The Labute approximate surface area is 229 Å². The minimum atomic E-state index is -0.463. The molecule has 1 saturated carbocycles. The molecule has 1 aliphatic carbocycles. The highest BCUT2D eigenvalue weighted by Gasteiger charge is 2.52. The number of benzene rings is 3. The average molecular weight is 523 g/mol. The summed E-state index contributed by atoms with van der Waals surface area (Å²) < 4.78 is 11.0. The molecule has 200 valence electrons. The van der Waals surface area contributed by atoms with Gasteiger partial charge in [-0.2, -0.15) is 0 Å². The molecular formula is C33H34N2O4. The van der Waals surface area contributed by atoms with E-state index in [1.165, 1.54) is 0 Å². The van der Waals surface area contributed by atoms with Crippen LogP contribution >= 0.6 is 0 Å². The Bertz CT molecular complexity index is 1440. The molecule has 0 unspecified atom stereocenters. The first-order valence-electron chi connectivity index (χ1n) is 13.7. The van der Waals surface area contributed by atoms with Crippen LogP contribution in [0, 0.1) is 6.92 Å². The summed E-state index contributed by atoms with van der Waals surface area (Å²) >= 11 is 0. The van der Waals surface area contributed by atoms with E-state index in [0.717, 1.165) is 52.0 Å². The maximum atomic E-state index is 13.0. The van der Waals surface area contributed by atoms with Crippen molar-refractivity contribution < 1.29 is 18.8 Å². The van der Waals surface area contributed by atoms with Crippen LogP contribution < -0.4 is 4.90 Å². The number of rotatable bonds is 10. The molecule has 1 amide bonds. The molecule has 0 bridgehead atoms. The Hall–Kier alpha value is -4.19. The lowest BCUT2D eigenvalue weighted by Crippen LogP contribution is -2.30. The molecule has 1 heterocycles. The van der Waals surface area contributed by atoms with Crippen molar-refractivity contribution in [3.05, 3.63) is 95.7 Å². The number of ether oxygens (including phenoxy) is 1. The lowest BCUT2D eigenvalue weighted by atomic mass is 9.93. The fourth-order valence-corrected chi connectivity index (χ4v) is 5.19. The van der Waals surface area contributed by atoms with E-state index in [2.05, 4.69) is 29.4 Å². The number of esters is 1. The number of carbonyl (C=O) groups excluding carboxylic acids is 2. The van der Waals surface area contributed by atoms with Crippen LogP contribution in [0.2, 0.25) is 0 Å². The van der Waals surface area contributed by atoms with Crippen molar-refractivity contribution in [1.29, 1.82) is 0 Å². The maximum absolute atomic E-state index is 13.0. The zero-order valence-electron chi connectivity index (χ0n) is 22.8. The first-order chi connectivity index (χ1) is 19.0. The first kappa shape index (κ1) is 26.4. The summed E-state index contributed by atoms with van der Waals surface area (Å²) in [4.78, 5) is 27.3. The third-order valence-electron chi connectivity index (χ3n) is 7.59. The van der Waals surface area contributed by atoms with Crippen LogP contribution in [-0.2, 0) is 26.2 Å². The van der Waals surface area contributed by atoms with E-state index in [-0.39, 0.29) is 11.9 Å². The Balaban J connectivity index is 1.29. The highest BCUT2D eigenvalue weighted by Crippen LogP contribution is 2.49. The van der Waals surface area contributed by atoms with Crippen molar-refractivity contribution in [2.75, 3.05) is 18.1 Å².